The topological polar surface area (TPSA) is 60.4 Å². The first-order chi connectivity index (χ1) is 13.7. The lowest BCUT2D eigenvalue weighted by Gasteiger charge is -2.58. The summed E-state index contributed by atoms with van der Waals surface area (Å²) < 4.78 is 4.82. The second-order valence-electron chi connectivity index (χ2n) is 10.7. The molecule has 0 aliphatic heterocycles. The SMILES string of the molecule is COC(=O)CC[C@@H](C)[C@H]1CCC2[C@@H]3CC[C@@H]4CC(=O)C=C[C@]4(C)C3CC(=O)[C@@]21C. The van der Waals surface area contributed by atoms with E-state index in [1.807, 2.05) is 0 Å². The fourth-order valence-corrected chi connectivity index (χ4v) is 7.94. The maximum Gasteiger partial charge on any atom is 0.305 e. The lowest BCUT2D eigenvalue weighted by molar-refractivity contribution is -0.152. The van der Waals surface area contributed by atoms with Gasteiger partial charge in [0.1, 0.15) is 5.78 Å². The summed E-state index contributed by atoms with van der Waals surface area (Å²) in [5.74, 6) is 3.04. The van der Waals surface area contributed by atoms with Crippen LogP contribution in [0.3, 0.4) is 0 Å². The van der Waals surface area contributed by atoms with Gasteiger partial charge in [-0.25, -0.2) is 0 Å². The van der Waals surface area contributed by atoms with Crippen molar-refractivity contribution in [1.82, 2.24) is 0 Å². The van der Waals surface area contributed by atoms with Gasteiger partial charge >= 0.3 is 5.97 Å². The quantitative estimate of drug-likeness (QED) is 0.639. The van der Waals surface area contributed by atoms with Gasteiger partial charge < -0.3 is 4.74 Å². The van der Waals surface area contributed by atoms with E-state index in [2.05, 4.69) is 26.8 Å². The third-order valence-electron chi connectivity index (χ3n) is 9.69. The van der Waals surface area contributed by atoms with Gasteiger partial charge in [-0.1, -0.05) is 26.8 Å². The van der Waals surface area contributed by atoms with Crippen LogP contribution in [0, 0.1) is 46.3 Å². The lowest BCUT2D eigenvalue weighted by atomic mass is 9.45. The van der Waals surface area contributed by atoms with E-state index < -0.39 is 0 Å². The average molecular weight is 401 g/mol. The Labute approximate surface area is 174 Å². The van der Waals surface area contributed by atoms with Gasteiger partial charge in [-0.05, 0) is 79.1 Å². The summed E-state index contributed by atoms with van der Waals surface area (Å²) in [7, 11) is 1.44. The molecule has 29 heavy (non-hydrogen) atoms. The van der Waals surface area contributed by atoms with E-state index in [4.69, 9.17) is 4.74 Å². The van der Waals surface area contributed by atoms with Crippen molar-refractivity contribution in [3.05, 3.63) is 12.2 Å². The van der Waals surface area contributed by atoms with Gasteiger partial charge in [-0.3, -0.25) is 14.4 Å². The van der Waals surface area contributed by atoms with Gasteiger partial charge in [0.25, 0.3) is 0 Å². The number of allylic oxidation sites excluding steroid dienone is 2. The zero-order chi connectivity index (χ0) is 21.0. The van der Waals surface area contributed by atoms with Gasteiger partial charge in [0.2, 0.25) is 0 Å². The molecular weight excluding hydrogens is 364 g/mol. The summed E-state index contributed by atoms with van der Waals surface area (Å²) in [5, 5.41) is 0. The van der Waals surface area contributed by atoms with E-state index in [9.17, 15) is 14.4 Å². The Morgan fingerprint density at radius 3 is 2.62 bits per heavy atom. The van der Waals surface area contributed by atoms with Crippen LogP contribution in [0.1, 0.15) is 72.1 Å². The zero-order valence-electron chi connectivity index (χ0n) is 18.4. The van der Waals surface area contributed by atoms with Crippen molar-refractivity contribution in [3.63, 3.8) is 0 Å². The molecule has 2 unspecified atom stereocenters. The summed E-state index contributed by atoms with van der Waals surface area (Å²) in [4.78, 5) is 37.3. The predicted molar refractivity (Wildman–Crippen MR) is 111 cm³/mol. The minimum absolute atomic E-state index is 0.0115. The normalized spacial score (nSPS) is 44.6. The standard InChI is InChI=1S/C25H36O4/c1-15(5-10-23(28)29-4)19-8-9-20-18-7-6-16-13-17(26)11-12-24(16,2)21(18)14-22(27)25(19,20)3/h11-12,15-16,18-21H,5-10,13-14H2,1-4H3/t15-,16-,18+,19-,20?,21?,24+,25-/m1/s1. The molecular formula is C25H36O4. The molecule has 4 rings (SSSR count). The van der Waals surface area contributed by atoms with Gasteiger partial charge in [-0.2, -0.15) is 0 Å². The zero-order valence-corrected chi connectivity index (χ0v) is 18.4. The molecule has 0 N–H and O–H groups in total. The number of methoxy groups -OCH3 is 1. The molecule has 3 fully saturated rings. The van der Waals surface area contributed by atoms with E-state index in [-0.39, 0.29) is 22.6 Å². The van der Waals surface area contributed by atoms with Crippen molar-refractivity contribution < 1.29 is 19.1 Å². The molecule has 0 heterocycles. The Hall–Kier alpha value is -1.45. The molecule has 0 aromatic rings. The summed E-state index contributed by atoms with van der Waals surface area (Å²) in [6.45, 7) is 6.75. The molecule has 160 valence electrons. The summed E-state index contributed by atoms with van der Waals surface area (Å²) in [5.41, 5.74) is -0.267. The maximum atomic E-state index is 13.7. The Morgan fingerprint density at radius 1 is 1.14 bits per heavy atom. The van der Waals surface area contributed by atoms with Crippen molar-refractivity contribution in [2.45, 2.75) is 72.1 Å². The van der Waals surface area contributed by atoms with Crippen LogP contribution in [-0.2, 0) is 19.1 Å². The van der Waals surface area contributed by atoms with E-state index in [0.717, 1.165) is 32.1 Å². The van der Waals surface area contributed by atoms with Crippen molar-refractivity contribution in [3.8, 4) is 0 Å². The van der Waals surface area contributed by atoms with Crippen molar-refractivity contribution in [2.24, 2.45) is 46.3 Å². The van der Waals surface area contributed by atoms with E-state index in [1.165, 1.54) is 7.11 Å². The summed E-state index contributed by atoms with van der Waals surface area (Å²) >= 11 is 0. The largest absolute Gasteiger partial charge is 0.469 e. The lowest BCUT2D eigenvalue weighted by Crippen LogP contribution is -2.56. The molecule has 4 heteroatoms. The second kappa shape index (κ2) is 7.35. The minimum Gasteiger partial charge on any atom is -0.469 e. The molecule has 0 aromatic carbocycles. The van der Waals surface area contributed by atoms with Crippen molar-refractivity contribution in [1.29, 1.82) is 0 Å². The molecule has 4 aliphatic rings. The first-order valence-electron chi connectivity index (χ1n) is 11.5. The molecule has 0 radical (unpaired) electrons. The van der Waals surface area contributed by atoms with Crippen LogP contribution in [0.15, 0.2) is 12.2 Å². The smallest absolute Gasteiger partial charge is 0.305 e. The number of Topliss-reactive ketones (excluding diaryl/α,β-unsaturated/α-hetero) is 1. The number of fused-ring (bicyclic) bond motifs is 5. The Bertz CT molecular complexity index is 739. The maximum absolute atomic E-state index is 13.7. The number of carbonyl (C=O) groups is 3. The van der Waals surface area contributed by atoms with Crippen LogP contribution in [0.2, 0.25) is 0 Å². The van der Waals surface area contributed by atoms with Gasteiger partial charge in [0.15, 0.2) is 5.78 Å². The third kappa shape index (κ3) is 3.13. The van der Waals surface area contributed by atoms with Crippen LogP contribution in [0.5, 0.6) is 0 Å². The van der Waals surface area contributed by atoms with Crippen LogP contribution >= 0.6 is 0 Å². The molecule has 0 amide bonds. The molecule has 3 saturated carbocycles. The summed E-state index contributed by atoms with van der Waals surface area (Å²) in [6, 6.07) is 0. The predicted octanol–water partition coefficient (Wildman–Crippen LogP) is 4.76. The molecule has 4 aliphatic carbocycles. The van der Waals surface area contributed by atoms with Gasteiger partial charge in [-0.15, -0.1) is 0 Å². The number of rotatable bonds is 4. The van der Waals surface area contributed by atoms with E-state index >= 15 is 0 Å². The van der Waals surface area contributed by atoms with Crippen LogP contribution < -0.4 is 0 Å². The van der Waals surface area contributed by atoms with E-state index in [1.54, 1.807) is 6.08 Å². The molecule has 0 bridgehead atoms. The Morgan fingerprint density at radius 2 is 1.90 bits per heavy atom. The number of ketones is 2. The highest BCUT2D eigenvalue weighted by molar-refractivity contribution is 5.91. The average Bonchev–Trinajstić information content (AvgIpc) is 3.06. The second-order valence-corrected chi connectivity index (χ2v) is 10.7. The van der Waals surface area contributed by atoms with Crippen LogP contribution in [0.25, 0.3) is 0 Å². The van der Waals surface area contributed by atoms with Crippen molar-refractivity contribution >= 4 is 17.5 Å². The van der Waals surface area contributed by atoms with Gasteiger partial charge in [0, 0.05) is 24.7 Å². The van der Waals surface area contributed by atoms with Crippen LogP contribution in [-0.4, -0.2) is 24.6 Å². The first-order valence-corrected chi connectivity index (χ1v) is 11.5. The molecule has 0 aromatic heterocycles. The minimum atomic E-state index is -0.256. The highest BCUT2D eigenvalue weighted by Gasteiger charge is 2.63. The highest BCUT2D eigenvalue weighted by Crippen LogP contribution is 2.66. The van der Waals surface area contributed by atoms with Crippen molar-refractivity contribution in [2.75, 3.05) is 7.11 Å². The number of ether oxygens (including phenoxy) is 1. The van der Waals surface area contributed by atoms with E-state index in [0.29, 0.717) is 60.6 Å². The number of hydrogen-bond acceptors (Lipinski definition) is 4. The monoisotopic (exact) mass is 400 g/mol. The number of hydrogen-bond donors (Lipinski definition) is 0. The first kappa shape index (κ1) is 20.8. The fourth-order valence-electron chi connectivity index (χ4n) is 7.94. The third-order valence-corrected chi connectivity index (χ3v) is 9.69. The highest BCUT2D eigenvalue weighted by atomic mass is 16.5. The van der Waals surface area contributed by atoms with Gasteiger partial charge in [0.05, 0.1) is 7.11 Å². The molecule has 0 saturated heterocycles. The molecule has 0 spiro atoms. The fraction of sp³-hybridized carbons (Fsp3) is 0.800. The Balaban J connectivity index is 1.57. The molecule has 4 nitrogen and oxygen atoms in total. The number of carbonyl (C=O) groups excluding carboxylic acids is 3. The number of esters is 1. The van der Waals surface area contributed by atoms with Crippen LogP contribution in [0.4, 0.5) is 0 Å². The Kier molecular flexibility index (Phi) is 5.28. The molecule has 8 atom stereocenters. The summed E-state index contributed by atoms with van der Waals surface area (Å²) in [6.07, 6.45) is 11.0.